The maximum atomic E-state index is 13.4. The number of hydrogen-bond acceptors (Lipinski definition) is 4. The Balaban J connectivity index is 1.54. The number of aromatic nitrogens is 1. The number of benzene rings is 1. The number of piperidine rings is 2. The van der Waals surface area contributed by atoms with Crippen molar-refractivity contribution in [1.82, 2.24) is 14.4 Å². The van der Waals surface area contributed by atoms with Gasteiger partial charge in [0.2, 0.25) is 5.91 Å². The molecule has 0 saturated carbocycles. The van der Waals surface area contributed by atoms with Crippen molar-refractivity contribution < 1.29 is 14.3 Å². The fourth-order valence-electron chi connectivity index (χ4n) is 5.56. The van der Waals surface area contributed by atoms with Crippen LogP contribution in [0.3, 0.4) is 0 Å². The van der Waals surface area contributed by atoms with Crippen LogP contribution in [0.2, 0.25) is 0 Å². The number of ether oxygens (including phenoxy) is 1. The van der Waals surface area contributed by atoms with Crippen molar-refractivity contribution in [2.45, 2.75) is 65.5 Å². The molecule has 1 aromatic carbocycles. The minimum Gasteiger partial charge on any atom is -0.462 e. The highest BCUT2D eigenvalue weighted by molar-refractivity contribution is 5.95. The van der Waals surface area contributed by atoms with Crippen LogP contribution >= 0.6 is 0 Å². The molecule has 0 atom stereocenters. The fraction of sp³-hybridized carbons (Fsp3) is 0.556. The number of amides is 1. The van der Waals surface area contributed by atoms with E-state index in [1.165, 1.54) is 32.4 Å². The third-order valence-corrected chi connectivity index (χ3v) is 7.31. The van der Waals surface area contributed by atoms with Crippen molar-refractivity contribution in [3.8, 4) is 11.3 Å². The maximum Gasteiger partial charge on any atom is 0.340 e. The zero-order valence-corrected chi connectivity index (χ0v) is 20.3. The Bertz CT molecular complexity index is 968. The summed E-state index contributed by atoms with van der Waals surface area (Å²) in [7, 11) is 0. The Morgan fingerprint density at radius 3 is 2.27 bits per heavy atom. The molecule has 0 aliphatic carbocycles. The SMILES string of the molecule is CCOC(=O)c1c(C)c(-c2ccccc2)n(CC(=O)N2CCC(N3CCCCC3)CC2)c1C. The van der Waals surface area contributed by atoms with Gasteiger partial charge in [-0.05, 0) is 70.7 Å². The first-order chi connectivity index (χ1) is 16.0. The predicted octanol–water partition coefficient (Wildman–Crippen LogP) is 4.43. The molecule has 4 rings (SSSR count). The van der Waals surface area contributed by atoms with Gasteiger partial charge in [0.1, 0.15) is 6.54 Å². The first kappa shape index (κ1) is 23.6. The molecule has 0 radical (unpaired) electrons. The van der Waals surface area contributed by atoms with E-state index in [9.17, 15) is 9.59 Å². The summed E-state index contributed by atoms with van der Waals surface area (Å²) in [6.07, 6.45) is 6.05. The van der Waals surface area contributed by atoms with Gasteiger partial charge in [-0.15, -0.1) is 0 Å². The van der Waals surface area contributed by atoms with Crippen LogP contribution in [0.4, 0.5) is 0 Å². The van der Waals surface area contributed by atoms with E-state index in [-0.39, 0.29) is 18.4 Å². The molecular weight excluding hydrogens is 414 g/mol. The number of likely N-dealkylation sites (tertiary alicyclic amines) is 2. The molecule has 0 N–H and O–H groups in total. The van der Waals surface area contributed by atoms with Gasteiger partial charge in [0.15, 0.2) is 0 Å². The molecule has 178 valence electrons. The van der Waals surface area contributed by atoms with Crippen LogP contribution in [0.1, 0.15) is 60.6 Å². The second-order valence-electron chi connectivity index (χ2n) is 9.32. The van der Waals surface area contributed by atoms with Gasteiger partial charge in [-0.2, -0.15) is 0 Å². The number of hydrogen-bond donors (Lipinski definition) is 0. The molecule has 0 spiro atoms. The van der Waals surface area contributed by atoms with Gasteiger partial charge in [-0.3, -0.25) is 4.79 Å². The van der Waals surface area contributed by atoms with Crippen LogP contribution in [0, 0.1) is 13.8 Å². The van der Waals surface area contributed by atoms with Gasteiger partial charge >= 0.3 is 5.97 Å². The van der Waals surface area contributed by atoms with E-state index in [1.807, 2.05) is 60.6 Å². The van der Waals surface area contributed by atoms with Gasteiger partial charge in [-0.1, -0.05) is 36.8 Å². The van der Waals surface area contributed by atoms with Gasteiger partial charge in [-0.25, -0.2) is 4.79 Å². The molecule has 2 fully saturated rings. The van der Waals surface area contributed by atoms with Crippen molar-refractivity contribution in [2.75, 3.05) is 32.8 Å². The Morgan fingerprint density at radius 1 is 0.970 bits per heavy atom. The Hall–Kier alpha value is -2.60. The second-order valence-corrected chi connectivity index (χ2v) is 9.32. The number of nitrogens with zero attached hydrogens (tertiary/aromatic N) is 3. The molecule has 3 heterocycles. The van der Waals surface area contributed by atoms with Crippen molar-refractivity contribution in [1.29, 1.82) is 0 Å². The summed E-state index contributed by atoms with van der Waals surface area (Å²) < 4.78 is 7.34. The Labute approximate surface area is 197 Å². The molecule has 2 aliphatic rings. The van der Waals surface area contributed by atoms with Crippen molar-refractivity contribution in [2.24, 2.45) is 0 Å². The monoisotopic (exact) mass is 451 g/mol. The minimum atomic E-state index is -0.321. The summed E-state index contributed by atoms with van der Waals surface area (Å²) in [5, 5.41) is 0. The van der Waals surface area contributed by atoms with Crippen molar-refractivity contribution >= 4 is 11.9 Å². The normalized spacial score (nSPS) is 17.8. The molecule has 0 unspecified atom stereocenters. The van der Waals surface area contributed by atoms with E-state index in [2.05, 4.69) is 4.90 Å². The molecule has 2 saturated heterocycles. The molecule has 2 aromatic rings. The number of carbonyl (C=O) groups excluding carboxylic acids is 2. The second kappa shape index (κ2) is 10.6. The standard InChI is InChI=1S/C27H37N3O3/c1-4-33-27(32)25-20(2)26(22-11-7-5-8-12-22)30(21(25)3)19-24(31)29-17-13-23(14-18-29)28-15-9-6-10-16-28/h5,7-8,11-12,23H,4,6,9-10,13-19H2,1-3H3. The Kier molecular flexibility index (Phi) is 7.53. The number of carbonyl (C=O) groups is 2. The summed E-state index contributed by atoms with van der Waals surface area (Å²) in [4.78, 5) is 30.7. The summed E-state index contributed by atoms with van der Waals surface area (Å²) in [6, 6.07) is 10.6. The Morgan fingerprint density at radius 2 is 1.64 bits per heavy atom. The van der Waals surface area contributed by atoms with E-state index in [0.717, 1.165) is 48.4 Å². The molecule has 1 aromatic heterocycles. The average Bonchev–Trinajstić information content (AvgIpc) is 3.09. The number of esters is 1. The van der Waals surface area contributed by atoms with Crippen molar-refractivity contribution in [3.05, 3.63) is 47.2 Å². The molecular formula is C27H37N3O3. The van der Waals surface area contributed by atoms with E-state index in [4.69, 9.17) is 4.74 Å². The molecule has 1 amide bonds. The third-order valence-electron chi connectivity index (χ3n) is 7.31. The molecule has 33 heavy (non-hydrogen) atoms. The highest BCUT2D eigenvalue weighted by Gasteiger charge is 2.30. The lowest BCUT2D eigenvalue weighted by Gasteiger charge is -2.40. The van der Waals surface area contributed by atoms with Crippen LogP contribution < -0.4 is 0 Å². The lowest BCUT2D eigenvalue weighted by atomic mass is 10.00. The fourth-order valence-corrected chi connectivity index (χ4v) is 5.56. The quantitative estimate of drug-likeness (QED) is 0.610. The van der Waals surface area contributed by atoms with Gasteiger partial charge < -0.3 is 19.1 Å². The van der Waals surface area contributed by atoms with Crippen LogP contribution in [0.15, 0.2) is 30.3 Å². The highest BCUT2D eigenvalue weighted by Crippen LogP contribution is 2.32. The predicted molar refractivity (Wildman–Crippen MR) is 130 cm³/mol. The molecule has 0 bridgehead atoms. The topological polar surface area (TPSA) is 54.8 Å². The molecule has 6 nitrogen and oxygen atoms in total. The van der Waals surface area contributed by atoms with E-state index >= 15 is 0 Å². The van der Waals surface area contributed by atoms with E-state index in [1.54, 1.807) is 0 Å². The summed E-state index contributed by atoms with van der Waals surface area (Å²) in [5.74, 6) is -0.198. The maximum absolute atomic E-state index is 13.4. The van der Waals surface area contributed by atoms with Gasteiger partial charge in [0.05, 0.1) is 17.9 Å². The first-order valence-corrected chi connectivity index (χ1v) is 12.4. The number of rotatable bonds is 6. The summed E-state index contributed by atoms with van der Waals surface area (Å²) in [5.41, 5.74) is 4.17. The van der Waals surface area contributed by atoms with Crippen LogP contribution in [0.25, 0.3) is 11.3 Å². The van der Waals surface area contributed by atoms with Crippen molar-refractivity contribution in [3.63, 3.8) is 0 Å². The zero-order valence-electron chi connectivity index (χ0n) is 20.3. The van der Waals surface area contributed by atoms with Gasteiger partial charge in [0.25, 0.3) is 0 Å². The minimum absolute atomic E-state index is 0.123. The third kappa shape index (κ3) is 5.01. The summed E-state index contributed by atoms with van der Waals surface area (Å²) >= 11 is 0. The van der Waals surface area contributed by atoms with Crippen LogP contribution in [-0.4, -0.2) is 65.1 Å². The van der Waals surface area contributed by atoms with Gasteiger partial charge in [0, 0.05) is 24.8 Å². The van der Waals surface area contributed by atoms with Crippen LogP contribution in [0.5, 0.6) is 0 Å². The van der Waals surface area contributed by atoms with E-state index < -0.39 is 0 Å². The lowest BCUT2D eigenvalue weighted by molar-refractivity contribution is -0.133. The largest absolute Gasteiger partial charge is 0.462 e. The van der Waals surface area contributed by atoms with E-state index in [0.29, 0.717) is 18.2 Å². The van der Waals surface area contributed by atoms with Crippen LogP contribution in [-0.2, 0) is 16.1 Å². The average molecular weight is 452 g/mol. The summed E-state index contributed by atoms with van der Waals surface area (Å²) in [6.45, 7) is 10.3. The first-order valence-electron chi connectivity index (χ1n) is 12.4. The molecule has 6 heteroatoms. The molecule has 2 aliphatic heterocycles. The highest BCUT2D eigenvalue weighted by atomic mass is 16.5. The zero-order chi connectivity index (χ0) is 23.4. The smallest absolute Gasteiger partial charge is 0.340 e. The lowest BCUT2D eigenvalue weighted by Crippen LogP contribution is -2.48.